The predicted octanol–water partition coefficient (Wildman–Crippen LogP) is 7.47. The second-order valence-corrected chi connectivity index (χ2v) is 7.46. The third-order valence-electron chi connectivity index (χ3n) is 5.47. The maximum Gasteiger partial charge on any atom is 0.426 e. The zero-order valence-electron chi connectivity index (χ0n) is 16.1. The van der Waals surface area contributed by atoms with Crippen molar-refractivity contribution < 1.29 is 26.7 Å². The van der Waals surface area contributed by atoms with Gasteiger partial charge in [-0.3, -0.25) is 0 Å². The number of hydrogen-bond acceptors (Lipinski definition) is 1. The van der Waals surface area contributed by atoms with E-state index in [1.54, 1.807) is 12.1 Å². The van der Waals surface area contributed by atoms with Gasteiger partial charge in [0.15, 0.2) is 17.5 Å². The minimum atomic E-state index is -3.81. The molecule has 0 N–H and O–H groups in total. The third kappa shape index (κ3) is 5.17. The average molecular weight is 410 g/mol. The van der Waals surface area contributed by atoms with E-state index in [1.807, 2.05) is 6.92 Å². The smallest absolute Gasteiger partial charge is 0.426 e. The van der Waals surface area contributed by atoms with E-state index in [2.05, 4.69) is 16.9 Å². The fourth-order valence-electron chi connectivity index (χ4n) is 3.81. The van der Waals surface area contributed by atoms with Crippen LogP contribution < -0.4 is 4.74 Å². The van der Waals surface area contributed by atoms with Crippen molar-refractivity contribution in [2.24, 2.45) is 5.92 Å². The summed E-state index contributed by atoms with van der Waals surface area (Å²) in [6.45, 7) is 2.01. The highest BCUT2D eigenvalue weighted by molar-refractivity contribution is 5.30. The minimum Gasteiger partial charge on any atom is -0.429 e. The van der Waals surface area contributed by atoms with Crippen molar-refractivity contribution in [3.63, 3.8) is 0 Å². The molecule has 1 aliphatic rings. The van der Waals surface area contributed by atoms with E-state index >= 15 is 0 Å². The number of hydrogen-bond donors (Lipinski definition) is 0. The molecule has 0 spiro atoms. The fraction of sp³-hybridized carbons (Fsp3) is 0.391. The Morgan fingerprint density at radius 2 is 1.55 bits per heavy atom. The quantitative estimate of drug-likeness (QED) is 0.273. The van der Waals surface area contributed by atoms with Crippen LogP contribution in [0, 0.1) is 23.4 Å². The molecule has 0 saturated heterocycles. The second-order valence-electron chi connectivity index (χ2n) is 7.46. The molecule has 1 fully saturated rings. The molecule has 2 aromatic rings. The van der Waals surface area contributed by atoms with Crippen LogP contribution in [0.1, 0.15) is 56.1 Å². The number of allylic oxidation sites excluding steroid dienone is 2. The molecule has 1 nitrogen and oxygen atoms in total. The van der Waals surface area contributed by atoms with Crippen molar-refractivity contribution in [3.05, 3.63) is 77.1 Å². The Morgan fingerprint density at radius 1 is 0.966 bits per heavy atom. The van der Waals surface area contributed by atoms with Crippen molar-refractivity contribution in [2.75, 3.05) is 0 Å². The van der Waals surface area contributed by atoms with Crippen LogP contribution in [0.25, 0.3) is 0 Å². The third-order valence-corrected chi connectivity index (χ3v) is 5.47. The van der Waals surface area contributed by atoms with Gasteiger partial charge in [-0.25, -0.2) is 13.2 Å². The molecular formula is C23H23F5O. The highest BCUT2D eigenvalue weighted by Gasteiger charge is 2.35. The van der Waals surface area contributed by atoms with E-state index in [-0.39, 0.29) is 0 Å². The number of alkyl halides is 2. The van der Waals surface area contributed by atoms with E-state index < -0.39 is 34.9 Å². The van der Waals surface area contributed by atoms with Crippen molar-refractivity contribution in [1.82, 2.24) is 0 Å². The normalized spacial score (nSPS) is 20.2. The van der Waals surface area contributed by atoms with E-state index in [4.69, 9.17) is 0 Å². The van der Waals surface area contributed by atoms with E-state index in [9.17, 15) is 22.0 Å². The minimum absolute atomic E-state index is 0.334. The standard InChI is InChI=1S/C23H23F5O/c1-2-3-4-15-5-7-16(8-6-15)17-9-11-18(12-10-17)23(27,28)29-19-13-20(24)22(26)21(25)14-19/h2-3,9-16H,4-8H2,1H3/b3-2-. The first-order valence-electron chi connectivity index (χ1n) is 9.73. The van der Waals surface area contributed by atoms with Crippen molar-refractivity contribution in [3.8, 4) is 5.75 Å². The number of rotatable bonds is 6. The molecule has 0 atom stereocenters. The largest absolute Gasteiger partial charge is 0.429 e. The molecule has 1 saturated carbocycles. The van der Waals surface area contributed by atoms with Gasteiger partial charge in [-0.1, -0.05) is 24.3 Å². The van der Waals surface area contributed by atoms with Gasteiger partial charge in [0.05, 0.1) is 5.56 Å². The molecule has 0 unspecified atom stereocenters. The summed E-state index contributed by atoms with van der Waals surface area (Å²) in [7, 11) is 0. The van der Waals surface area contributed by atoms with E-state index in [0.29, 0.717) is 24.0 Å². The molecule has 0 radical (unpaired) electrons. The van der Waals surface area contributed by atoms with Gasteiger partial charge < -0.3 is 4.74 Å². The van der Waals surface area contributed by atoms with Gasteiger partial charge in [0.2, 0.25) is 0 Å². The Kier molecular flexibility index (Phi) is 6.60. The van der Waals surface area contributed by atoms with Crippen molar-refractivity contribution in [1.29, 1.82) is 0 Å². The van der Waals surface area contributed by atoms with Crippen LogP contribution in [0.3, 0.4) is 0 Å². The zero-order chi connectivity index (χ0) is 21.0. The molecular weight excluding hydrogens is 387 g/mol. The summed E-state index contributed by atoms with van der Waals surface area (Å²) in [5, 5.41) is 0. The van der Waals surface area contributed by atoms with Gasteiger partial charge in [-0.05, 0) is 68.6 Å². The van der Waals surface area contributed by atoms with Gasteiger partial charge in [0, 0.05) is 12.1 Å². The summed E-state index contributed by atoms with van der Waals surface area (Å²) in [5.74, 6) is -4.68. The van der Waals surface area contributed by atoms with Crippen LogP contribution in [0.2, 0.25) is 0 Å². The summed E-state index contributed by atoms with van der Waals surface area (Å²) < 4.78 is 72.7. The monoisotopic (exact) mass is 410 g/mol. The van der Waals surface area contributed by atoms with Gasteiger partial charge in [0.1, 0.15) is 5.75 Å². The van der Waals surface area contributed by atoms with Gasteiger partial charge in [-0.2, -0.15) is 8.78 Å². The van der Waals surface area contributed by atoms with Crippen LogP contribution in [0.15, 0.2) is 48.6 Å². The van der Waals surface area contributed by atoms with Gasteiger partial charge in [0.25, 0.3) is 0 Å². The van der Waals surface area contributed by atoms with Gasteiger partial charge in [-0.15, -0.1) is 0 Å². The Labute approximate surface area is 167 Å². The number of benzene rings is 2. The van der Waals surface area contributed by atoms with Crippen molar-refractivity contribution in [2.45, 2.75) is 51.1 Å². The summed E-state index contributed by atoms with van der Waals surface area (Å²) in [5.41, 5.74) is 0.557. The molecule has 0 aliphatic heterocycles. The Bertz CT molecular complexity index is 829. The Balaban J connectivity index is 1.66. The number of ether oxygens (including phenoxy) is 1. The zero-order valence-corrected chi connectivity index (χ0v) is 16.1. The molecule has 0 heterocycles. The first kappa shape index (κ1) is 21.3. The maximum absolute atomic E-state index is 14.4. The van der Waals surface area contributed by atoms with Crippen LogP contribution in [-0.2, 0) is 6.11 Å². The first-order valence-corrected chi connectivity index (χ1v) is 9.73. The Hall–Kier alpha value is -2.37. The molecule has 1 aliphatic carbocycles. The molecule has 0 aromatic heterocycles. The lowest BCUT2D eigenvalue weighted by atomic mass is 9.77. The SMILES string of the molecule is C/C=C\CC1CCC(c2ccc(C(F)(F)Oc3cc(F)c(F)c(F)c3)cc2)CC1. The first-order chi connectivity index (χ1) is 13.8. The molecule has 6 heteroatoms. The summed E-state index contributed by atoms with van der Waals surface area (Å²) in [6.07, 6.45) is 5.76. The van der Waals surface area contributed by atoms with Crippen LogP contribution >= 0.6 is 0 Å². The van der Waals surface area contributed by atoms with Crippen LogP contribution in [-0.4, -0.2) is 0 Å². The average Bonchev–Trinajstić information content (AvgIpc) is 2.70. The van der Waals surface area contributed by atoms with Crippen LogP contribution in [0.4, 0.5) is 22.0 Å². The molecule has 29 heavy (non-hydrogen) atoms. The lowest BCUT2D eigenvalue weighted by Crippen LogP contribution is -2.22. The van der Waals surface area contributed by atoms with Crippen LogP contribution in [0.5, 0.6) is 5.75 Å². The van der Waals surface area contributed by atoms with E-state index in [0.717, 1.165) is 37.7 Å². The molecule has 0 amide bonds. The van der Waals surface area contributed by atoms with Gasteiger partial charge >= 0.3 is 6.11 Å². The highest BCUT2D eigenvalue weighted by atomic mass is 19.3. The lowest BCUT2D eigenvalue weighted by molar-refractivity contribution is -0.185. The van der Waals surface area contributed by atoms with E-state index in [1.165, 1.54) is 12.1 Å². The Morgan fingerprint density at radius 3 is 2.10 bits per heavy atom. The summed E-state index contributed by atoms with van der Waals surface area (Å²) in [4.78, 5) is 0. The second kappa shape index (κ2) is 8.97. The summed E-state index contributed by atoms with van der Waals surface area (Å²) in [6, 6.07) is 6.61. The summed E-state index contributed by atoms with van der Waals surface area (Å²) >= 11 is 0. The topological polar surface area (TPSA) is 9.23 Å². The number of halogens is 5. The molecule has 156 valence electrons. The molecule has 2 aromatic carbocycles. The van der Waals surface area contributed by atoms with Crippen molar-refractivity contribution >= 4 is 0 Å². The highest BCUT2D eigenvalue weighted by Crippen LogP contribution is 2.39. The maximum atomic E-state index is 14.4. The molecule has 0 bridgehead atoms. The molecule has 3 rings (SSSR count). The lowest BCUT2D eigenvalue weighted by Gasteiger charge is -2.28. The fourth-order valence-corrected chi connectivity index (χ4v) is 3.81. The predicted molar refractivity (Wildman–Crippen MR) is 101 cm³/mol.